The van der Waals surface area contributed by atoms with Crippen molar-refractivity contribution < 1.29 is 4.79 Å². The minimum absolute atomic E-state index is 0.0697. The van der Waals surface area contributed by atoms with Crippen molar-refractivity contribution in [1.29, 1.82) is 0 Å². The number of unbranched alkanes of at least 4 members (excludes halogenated alkanes) is 1. The number of hydrogen-bond acceptors (Lipinski definition) is 4. The molecular formula is C12H19N3OS. The highest BCUT2D eigenvalue weighted by atomic mass is 32.2. The highest BCUT2D eigenvalue weighted by molar-refractivity contribution is 8.00. The molecule has 1 rings (SSSR count). The van der Waals surface area contributed by atoms with Crippen molar-refractivity contribution in [3.8, 4) is 0 Å². The number of amides is 1. The van der Waals surface area contributed by atoms with Gasteiger partial charge >= 0.3 is 0 Å². The fraction of sp³-hybridized carbons (Fsp3) is 0.500. The predicted molar refractivity (Wildman–Crippen MR) is 71.9 cm³/mol. The molecular weight excluding hydrogens is 234 g/mol. The zero-order valence-electron chi connectivity index (χ0n) is 10.3. The van der Waals surface area contributed by atoms with E-state index >= 15 is 0 Å². The molecule has 0 saturated carbocycles. The van der Waals surface area contributed by atoms with Gasteiger partial charge in [-0.15, -0.1) is 11.8 Å². The van der Waals surface area contributed by atoms with Gasteiger partial charge in [0.2, 0.25) is 5.91 Å². The van der Waals surface area contributed by atoms with Gasteiger partial charge in [-0.05, 0) is 25.5 Å². The smallest absolute Gasteiger partial charge is 0.233 e. The van der Waals surface area contributed by atoms with Gasteiger partial charge in [0, 0.05) is 17.6 Å². The second-order valence-corrected chi connectivity index (χ2v) is 5.24. The number of aromatic nitrogens is 1. The highest BCUT2D eigenvalue weighted by Gasteiger charge is 2.13. The summed E-state index contributed by atoms with van der Waals surface area (Å²) in [6.45, 7) is 4.74. The number of anilines is 1. The summed E-state index contributed by atoms with van der Waals surface area (Å²) >= 11 is 1.49. The van der Waals surface area contributed by atoms with Crippen LogP contribution in [-0.4, -0.2) is 22.7 Å². The molecule has 1 atom stereocenters. The fourth-order valence-electron chi connectivity index (χ4n) is 1.25. The molecule has 0 spiro atoms. The van der Waals surface area contributed by atoms with Crippen molar-refractivity contribution in [3.63, 3.8) is 0 Å². The van der Waals surface area contributed by atoms with Crippen LogP contribution in [0, 0.1) is 0 Å². The maximum atomic E-state index is 11.7. The number of carbonyl (C=O) groups excluding carboxylic acids is 1. The SMILES string of the molecule is CCCCNC(=O)C(C)Sc1ccc(N)nc1. The van der Waals surface area contributed by atoms with Crippen LogP contribution in [-0.2, 0) is 4.79 Å². The third-order valence-electron chi connectivity index (χ3n) is 2.27. The number of nitrogens with one attached hydrogen (secondary N) is 1. The van der Waals surface area contributed by atoms with Crippen molar-refractivity contribution in [3.05, 3.63) is 18.3 Å². The van der Waals surface area contributed by atoms with E-state index in [-0.39, 0.29) is 11.2 Å². The number of nitrogen functional groups attached to an aromatic ring is 1. The Balaban J connectivity index is 2.40. The molecule has 0 aliphatic heterocycles. The molecule has 0 bridgehead atoms. The van der Waals surface area contributed by atoms with E-state index in [9.17, 15) is 4.79 Å². The summed E-state index contributed by atoms with van der Waals surface area (Å²) < 4.78 is 0. The Hall–Kier alpha value is -1.23. The quantitative estimate of drug-likeness (QED) is 0.601. The normalized spacial score (nSPS) is 12.1. The Morgan fingerprint density at radius 3 is 2.94 bits per heavy atom. The molecule has 0 radical (unpaired) electrons. The minimum Gasteiger partial charge on any atom is -0.384 e. The summed E-state index contributed by atoms with van der Waals surface area (Å²) in [5, 5.41) is 2.80. The zero-order valence-corrected chi connectivity index (χ0v) is 11.1. The average molecular weight is 253 g/mol. The molecule has 1 aromatic heterocycles. The average Bonchev–Trinajstić information content (AvgIpc) is 2.32. The standard InChI is InChI=1S/C12H19N3OS/c1-3-4-7-14-12(16)9(2)17-10-5-6-11(13)15-8-10/h5-6,8-9H,3-4,7H2,1-2H3,(H2,13,15)(H,14,16). The van der Waals surface area contributed by atoms with Crippen molar-refractivity contribution in [1.82, 2.24) is 10.3 Å². The number of nitrogens with zero attached hydrogens (tertiary/aromatic N) is 1. The van der Waals surface area contributed by atoms with Crippen LogP contribution in [0.5, 0.6) is 0 Å². The van der Waals surface area contributed by atoms with Gasteiger partial charge < -0.3 is 11.1 Å². The Morgan fingerprint density at radius 2 is 2.35 bits per heavy atom. The zero-order chi connectivity index (χ0) is 12.7. The number of carbonyl (C=O) groups is 1. The molecule has 5 heteroatoms. The van der Waals surface area contributed by atoms with Gasteiger partial charge in [-0.2, -0.15) is 0 Å². The lowest BCUT2D eigenvalue weighted by atomic mass is 10.3. The molecule has 1 heterocycles. The van der Waals surface area contributed by atoms with Gasteiger partial charge in [0.05, 0.1) is 5.25 Å². The third kappa shape index (κ3) is 5.08. The number of hydrogen-bond donors (Lipinski definition) is 2. The number of rotatable bonds is 6. The minimum atomic E-state index is -0.114. The summed E-state index contributed by atoms with van der Waals surface area (Å²) in [7, 11) is 0. The first-order chi connectivity index (χ1) is 8.13. The summed E-state index contributed by atoms with van der Waals surface area (Å²) in [5.74, 6) is 0.565. The molecule has 1 amide bonds. The van der Waals surface area contributed by atoms with Crippen LogP contribution < -0.4 is 11.1 Å². The Morgan fingerprint density at radius 1 is 1.59 bits per heavy atom. The van der Waals surface area contributed by atoms with E-state index in [4.69, 9.17) is 5.73 Å². The lowest BCUT2D eigenvalue weighted by Gasteiger charge is -2.11. The van der Waals surface area contributed by atoms with E-state index < -0.39 is 0 Å². The molecule has 94 valence electrons. The van der Waals surface area contributed by atoms with E-state index in [1.165, 1.54) is 11.8 Å². The third-order valence-corrected chi connectivity index (χ3v) is 3.35. The fourth-order valence-corrected chi connectivity index (χ4v) is 2.11. The first-order valence-electron chi connectivity index (χ1n) is 5.79. The van der Waals surface area contributed by atoms with E-state index in [1.807, 2.05) is 13.0 Å². The first-order valence-corrected chi connectivity index (χ1v) is 6.67. The molecule has 0 aliphatic rings. The second kappa shape index (κ2) is 7.17. The van der Waals surface area contributed by atoms with Crippen LogP contribution >= 0.6 is 11.8 Å². The molecule has 17 heavy (non-hydrogen) atoms. The van der Waals surface area contributed by atoms with Crippen LogP contribution in [0.25, 0.3) is 0 Å². The Bertz CT molecular complexity index is 353. The van der Waals surface area contributed by atoms with Crippen molar-refractivity contribution in [2.45, 2.75) is 36.8 Å². The van der Waals surface area contributed by atoms with Crippen LogP contribution in [0.4, 0.5) is 5.82 Å². The summed E-state index contributed by atoms with van der Waals surface area (Å²) in [6, 6.07) is 3.62. The number of nitrogens with two attached hydrogens (primary N) is 1. The van der Waals surface area contributed by atoms with Crippen molar-refractivity contribution in [2.75, 3.05) is 12.3 Å². The first kappa shape index (κ1) is 13.8. The Labute approximate surface area is 106 Å². The predicted octanol–water partition coefficient (Wildman–Crippen LogP) is 2.06. The largest absolute Gasteiger partial charge is 0.384 e. The molecule has 0 fully saturated rings. The van der Waals surface area contributed by atoms with Gasteiger partial charge in [0.1, 0.15) is 5.82 Å². The van der Waals surface area contributed by atoms with E-state index in [0.717, 1.165) is 24.3 Å². The van der Waals surface area contributed by atoms with Crippen LogP contribution in [0.1, 0.15) is 26.7 Å². The van der Waals surface area contributed by atoms with Gasteiger partial charge in [0.25, 0.3) is 0 Å². The van der Waals surface area contributed by atoms with Gasteiger partial charge in [-0.25, -0.2) is 4.98 Å². The summed E-state index contributed by atoms with van der Waals surface area (Å²) in [4.78, 5) is 16.7. The molecule has 1 aromatic rings. The second-order valence-electron chi connectivity index (χ2n) is 3.82. The highest BCUT2D eigenvalue weighted by Crippen LogP contribution is 2.22. The van der Waals surface area contributed by atoms with Gasteiger partial charge in [-0.1, -0.05) is 13.3 Å². The molecule has 4 nitrogen and oxygen atoms in total. The number of pyridine rings is 1. The van der Waals surface area contributed by atoms with Crippen LogP contribution in [0.15, 0.2) is 23.2 Å². The topological polar surface area (TPSA) is 68.0 Å². The lowest BCUT2D eigenvalue weighted by Crippen LogP contribution is -2.31. The summed E-state index contributed by atoms with van der Waals surface area (Å²) in [6.07, 6.45) is 3.80. The summed E-state index contributed by atoms with van der Waals surface area (Å²) in [5.41, 5.74) is 5.50. The van der Waals surface area contributed by atoms with E-state index in [0.29, 0.717) is 5.82 Å². The van der Waals surface area contributed by atoms with E-state index in [1.54, 1.807) is 12.3 Å². The van der Waals surface area contributed by atoms with Crippen molar-refractivity contribution in [2.24, 2.45) is 0 Å². The molecule has 0 aromatic carbocycles. The Kier molecular flexibility index (Phi) is 5.83. The molecule has 1 unspecified atom stereocenters. The lowest BCUT2D eigenvalue weighted by molar-refractivity contribution is -0.120. The van der Waals surface area contributed by atoms with E-state index in [2.05, 4.69) is 17.2 Å². The van der Waals surface area contributed by atoms with Crippen molar-refractivity contribution >= 4 is 23.5 Å². The molecule has 0 aliphatic carbocycles. The van der Waals surface area contributed by atoms with Crippen LogP contribution in [0.2, 0.25) is 0 Å². The maximum absolute atomic E-state index is 11.7. The molecule has 0 saturated heterocycles. The van der Waals surface area contributed by atoms with Gasteiger partial charge in [0.15, 0.2) is 0 Å². The monoisotopic (exact) mass is 253 g/mol. The van der Waals surface area contributed by atoms with Crippen LogP contribution in [0.3, 0.4) is 0 Å². The maximum Gasteiger partial charge on any atom is 0.233 e. The van der Waals surface area contributed by atoms with Gasteiger partial charge in [-0.3, -0.25) is 4.79 Å². The molecule has 3 N–H and O–H groups in total. The number of thioether (sulfide) groups is 1.